The number of hydrogen-bond acceptors (Lipinski definition) is 3. The third kappa shape index (κ3) is 3.55. The van der Waals surface area contributed by atoms with E-state index < -0.39 is 5.91 Å². The van der Waals surface area contributed by atoms with Crippen LogP contribution in [0.1, 0.15) is 16.1 Å². The Balaban J connectivity index is 1.86. The molecule has 0 unspecified atom stereocenters. The zero-order valence-electron chi connectivity index (χ0n) is 12.7. The minimum absolute atomic E-state index is 0.136. The van der Waals surface area contributed by atoms with E-state index in [2.05, 4.69) is 10.3 Å². The summed E-state index contributed by atoms with van der Waals surface area (Å²) in [6, 6.07) is 18.3. The summed E-state index contributed by atoms with van der Waals surface area (Å²) in [5.41, 5.74) is 2.55. The fourth-order valence-corrected chi connectivity index (χ4v) is 2.56. The number of rotatable bonds is 4. The zero-order valence-corrected chi connectivity index (χ0v) is 13.5. The van der Waals surface area contributed by atoms with Gasteiger partial charge >= 0.3 is 0 Å². The number of aromatic hydroxyl groups is 1. The summed E-state index contributed by atoms with van der Waals surface area (Å²) in [6.07, 6.45) is 1.66. The lowest BCUT2D eigenvalue weighted by Crippen LogP contribution is -2.23. The minimum atomic E-state index is -0.405. The van der Waals surface area contributed by atoms with Gasteiger partial charge in [-0.25, -0.2) is 0 Å². The van der Waals surface area contributed by atoms with E-state index in [1.807, 2.05) is 42.5 Å². The van der Waals surface area contributed by atoms with E-state index in [0.717, 1.165) is 16.8 Å². The lowest BCUT2D eigenvalue weighted by Gasteiger charge is -2.10. The maximum atomic E-state index is 12.4. The topological polar surface area (TPSA) is 62.2 Å². The van der Waals surface area contributed by atoms with Crippen molar-refractivity contribution < 1.29 is 9.90 Å². The number of benzene rings is 2. The van der Waals surface area contributed by atoms with E-state index in [9.17, 15) is 9.90 Å². The van der Waals surface area contributed by atoms with Crippen molar-refractivity contribution >= 4 is 17.5 Å². The molecule has 24 heavy (non-hydrogen) atoms. The Morgan fingerprint density at radius 1 is 1.04 bits per heavy atom. The number of carbonyl (C=O) groups excluding carboxylic acids is 1. The summed E-state index contributed by atoms with van der Waals surface area (Å²) in [7, 11) is 0. The summed E-state index contributed by atoms with van der Waals surface area (Å²) in [5.74, 6) is -0.632. The fourth-order valence-electron chi connectivity index (χ4n) is 2.34. The third-order valence-corrected chi connectivity index (χ3v) is 3.86. The van der Waals surface area contributed by atoms with E-state index in [4.69, 9.17) is 11.6 Å². The van der Waals surface area contributed by atoms with Gasteiger partial charge in [-0.1, -0.05) is 48.0 Å². The SMILES string of the molecule is O=C(NCc1ccccn1)c1cc(-c2ccccc2)cc(Cl)c1O. The highest BCUT2D eigenvalue weighted by Gasteiger charge is 2.16. The van der Waals surface area contributed by atoms with E-state index in [0.29, 0.717) is 0 Å². The Hall–Kier alpha value is -2.85. The molecule has 0 aliphatic heterocycles. The fraction of sp³-hybridized carbons (Fsp3) is 0.0526. The quantitative estimate of drug-likeness (QED) is 0.754. The van der Waals surface area contributed by atoms with E-state index in [1.165, 1.54) is 0 Å². The second kappa shape index (κ2) is 7.15. The molecule has 1 heterocycles. The first-order chi connectivity index (χ1) is 11.6. The number of pyridine rings is 1. The van der Waals surface area contributed by atoms with Gasteiger partial charge in [0.2, 0.25) is 0 Å². The Morgan fingerprint density at radius 2 is 1.79 bits per heavy atom. The van der Waals surface area contributed by atoms with Gasteiger partial charge in [0.15, 0.2) is 0 Å². The summed E-state index contributed by atoms with van der Waals surface area (Å²) in [6.45, 7) is 0.270. The smallest absolute Gasteiger partial charge is 0.255 e. The summed E-state index contributed by atoms with van der Waals surface area (Å²) in [4.78, 5) is 16.6. The number of nitrogens with one attached hydrogen (secondary N) is 1. The molecule has 5 heteroatoms. The molecule has 1 aromatic heterocycles. The minimum Gasteiger partial charge on any atom is -0.506 e. The molecule has 1 amide bonds. The number of hydrogen-bond donors (Lipinski definition) is 2. The zero-order chi connectivity index (χ0) is 16.9. The normalized spacial score (nSPS) is 10.4. The number of phenols is 1. The highest BCUT2D eigenvalue weighted by atomic mass is 35.5. The molecule has 0 aliphatic carbocycles. The van der Waals surface area contributed by atoms with Crippen LogP contribution in [0.4, 0.5) is 0 Å². The molecule has 0 aliphatic rings. The largest absolute Gasteiger partial charge is 0.506 e. The Bertz CT molecular complexity index is 852. The van der Waals surface area contributed by atoms with Crippen molar-refractivity contribution in [2.24, 2.45) is 0 Å². The van der Waals surface area contributed by atoms with Gasteiger partial charge in [0.1, 0.15) is 5.75 Å². The summed E-state index contributed by atoms with van der Waals surface area (Å²) < 4.78 is 0. The second-order valence-corrected chi connectivity index (χ2v) is 5.63. The average Bonchev–Trinajstić information content (AvgIpc) is 2.63. The first-order valence-corrected chi connectivity index (χ1v) is 7.79. The van der Waals surface area contributed by atoms with Crippen molar-refractivity contribution in [3.05, 3.63) is 83.1 Å². The van der Waals surface area contributed by atoms with Crippen molar-refractivity contribution in [1.82, 2.24) is 10.3 Å². The molecule has 0 atom stereocenters. The lowest BCUT2D eigenvalue weighted by atomic mass is 10.0. The molecule has 0 fully saturated rings. The summed E-state index contributed by atoms with van der Waals surface area (Å²) in [5, 5.41) is 13.0. The predicted octanol–water partition coefficient (Wildman–Crippen LogP) is 4.04. The van der Waals surface area contributed by atoms with Crippen molar-refractivity contribution in [3.63, 3.8) is 0 Å². The Morgan fingerprint density at radius 3 is 2.50 bits per heavy atom. The van der Waals surface area contributed by atoms with E-state index in [-0.39, 0.29) is 22.9 Å². The number of carbonyl (C=O) groups is 1. The number of phenolic OH excluding ortho intramolecular Hbond substituents is 1. The molecule has 3 aromatic rings. The van der Waals surface area contributed by atoms with Crippen LogP contribution in [0.25, 0.3) is 11.1 Å². The van der Waals surface area contributed by atoms with Crippen LogP contribution in [0, 0.1) is 0 Å². The molecule has 0 spiro atoms. The van der Waals surface area contributed by atoms with Crippen LogP contribution >= 0.6 is 11.6 Å². The van der Waals surface area contributed by atoms with Crippen LogP contribution in [0.3, 0.4) is 0 Å². The second-order valence-electron chi connectivity index (χ2n) is 5.22. The standard InChI is InChI=1S/C19H15ClN2O2/c20-17-11-14(13-6-2-1-3-7-13)10-16(18(17)23)19(24)22-12-15-8-4-5-9-21-15/h1-11,23H,12H2,(H,22,24). The molecule has 4 nitrogen and oxygen atoms in total. The predicted molar refractivity (Wildman–Crippen MR) is 94.0 cm³/mol. The number of nitrogens with zero attached hydrogens (tertiary/aromatic N) is 1. The highest BCUT2D eigenvalue weighted by molar-refractivity contribution is 6.33. The van der Waals surface area contributed by atoms with E-state index >= 15 is 0 Å². The first kappa shape index (κ1) is 16.0. The van der Waals surface area contributed by atoms with Gasteiger partial charge in [0, 0.05) is 6.20 Å². The highest BCUT2D eigenvalue weighted by Crippen LogP contribution is 2.33. The molecule has 0 radical (unpaired) electrons. The van der Waals surface area contributed by atoms with Crippen molar-refractivity contribution in [2.45, 2.75) is 6.54 Å². The lowest BCUT2D eigenvalue weighted by molar-refractivity contribution is 0.0948. The van der Waals surface area contributed by atoms with Crippen LogP contribution in [0.15, 0.2) is 66.9 Å². The van der Waals surface area contributed by atoms with Gasteiger partial charge in [-0.2, -0.15) is 0 Å². The number of amides is 1. The Labute approximate surface area is 144 Å². The summed E-state index contributed by atoms with van der Waals surface area (Å²) >= 11 is 6.09. The van der Waals surface area contributed by atoms with Crippen molar-refractivity contribution in [1.29, 1.82) is 0 Å². The monoisotopic (exact) mass is 338 g/mol. The van der Waals surface area contributed by atoms with Crippen LogP contribution < -0.4 is 5.32 Å². The number of halogens is 1. The molecular formula is C19H15ClN2O2. The molecule has 2 N–H and O–H groups in total. The van der Waals surface area contributed by atoms with Gasteiger partial charge in [-0.3, -0.25) is 9.78 Å². The first-order valence-electron chi connectivity index (χ1n) is 7.41. The van der Waals surface area contributed by atoms with Crippen LogP contribution in [0.2, 0.25) is 5.02 Å². The van der Waals surface area contributed by atoms with Gasteiger partial charge < -0.3 is 10.4 Å². The molecular weight excluding hydrogens is 324 g/mol. The van der Waals surface area contributed by atoms with Crippen molar-refractivity contribution in [3.8, 4) is 16.9 Å². The van der Waals surface area contributed by atoms with Gasteiger partial charge in [-0.05, 0) is 35.4 Å². The van der Waals surface area contributed by atoms with Gasteiger partial charge in [0.25, 0.3) is 5.91 Å². The molecule has 120 valence electrons. The maximum Gasteiger partial charge on any atom is 0.255 e. The van der Waals surface area contributed by atoms with Crippen LogP contribution in [0.5, 0.6) is 5.75 Å². The molecule has 0 saturated heterocycles. The van der Waals surface area contributed by atoms with E-state index in [1.54, 1.807) is 24.4 Å². The van der Waals surface area contributed by atoms with Crippen LogP contribution in [-0.2, 0) is 6.54 Å². The molecule has 3 rings (SSSR count). The van der Waals surface area contributed by atoms with Gasteiger partial charge in [0.05, 0.1) is 22.8 Å². The van der Waals surface area contributed by atoms with Gasteiger partial charge in [-0.15, -0.1) is 0 Å². The number of aromatic nitrogens is 1. The third-order valence-electron chi connectivity index (χ3n) is 3.57. The van der Waals surface area contributed by atoms with Crippen molar-refractivity contribution in [2.75, 3.05) is 0 Å². The van der Waals surface area contributed by atoms with Crippen LogP contribution in [-0.4, -0.2) is 16.0 Å². The maximum absolute atomic E-state index is 12.4. The Kier molecular flexibility index (Phi) is 4.77. The molecule has 2 aromatic carbocycles. The average molecular weight is 339 g/mol. The molecule has 0 saturated carbocycles. The molecule has 0 bridgehead atoms.